The Morgan fingerprint density at radius 3 is 2.68 bits per heavy atom. The van der Waals surface area contributed by atoms with E-state index in [2.05, 4.69) is 30.8 Å². The van der Waals surface area contributed by atoms with Crippen LogP contribution in [0.15, 0.2) is 53.3 Å². The van der Waals surface area contributed by atoms with Gasteiger partial charge >= 0.3 is 0 Å². The van der Waals surface area contributed by atoms with E-state index in [1.165, 1.54) is 0 Å². The predicted molar refractivity (Wildman–Crippen MR) is 126 cm³/mol. The lowest BCUT2D eigenvalue weighted by molar-refractivity contribution is 0.0629. The molecule has 158 valence electrons. The number of carbonyl (C=O) groups excluding carboxylic acids is 1. The molecule has 0 spiro atoms. The number of fused-ring (bicyclic) bond motifs is 2. The molecule has 8 heteroatoms. The highest BCUT2D eigenvalue weighted by molar-refractivity contribution is 9.10. The summed E-state index contributed by atoms with van der Waals surface area (Å²) >= 11 is 9.58. The fourth-order valence-electron chi connectivity index (χ4n) is 4.11. The Morgan fingerprint density at radius 2 is 1.87 bits per heavy atom. The van der Waals surface area contributed by atoms with Crippen LogP contribution in [0, 0.1) is 6.92 Å². The molecular formula is C23H21BrClN5O. The highest BCUT2D eigenvalue weighted by Gasteiger charge is 2.24. The summed E-state index contributed by atoms with van der Waals surface area (Å²) in [5.41, 5.74) is 4.30. The molecule has 4 heterocycles. The number of piperazine rings is 1. The minimum Gasteiger partial charge on any atom is -0.336 e. The smallest absolute Gasteiger partial charge is 0.254 e. The Bertz CT molecular complexity index is 1300. The van der Waals surface area contributed by atoms with Crippen LogP contribution >= 0.6 is 27.5 Å². The molecule has 0 saturated carbocycles. The van der Waals surface area contributed by atoms with Gasteiger partial charge in [-0.2, -0.15) is 0 Å². The summed E-state index contributed by atoms with van der Waals surface area (Å²) in [6, 6.07) is 11.5. The maximum absolute atomic E-state index is 13.3. The zero-order valence-corrected chi connectivity index (χ0v) is 19.4. The Labute approximate surface area is 193 Å². The number of hydrogen-bond donors (Lipinski definition) is 0. The molecule has 1 amide bonds. The summed E-state index contributed by atoms with van der Waals surface area (Å²) in [5.74, 6) is 0.0654. The third-order valence-electron chi connectivity index (χ3n) is 5.64. The van der Waals surface area contributed by atoms with Crippen LogP contribution < -0.4 is 0 Å². The molecule has 0 bridgehead atoms. The number of imidazole rings is 1. The number of hydrogen-bond acceptors (Lipinski definition) is 4. The highest BCUT2D eigenvalue weighted by atomic mass is 79.9. The van der Waals surface area contributed by atoms with E-state index in [-0.39, 0.29) is 5.91 Å². The van der Waals surface area contributed by atoms with E-state index in [0.29, 0.717) is 18.1 Å². The van der Waals surface area contributed by atoms with Gasteiger partial charge < -0.3 is 9.30 Å². The number of pyridine rings is 2. The third-order valence-corrected chi connectivity index (χ3v) is 6.36. The van der Waals surface area contributed by atoms with Gasteiger partial charge in [-0.25, -0.2) is 4.98 Å². The first-order chi connectivity index (χ1) is 15.0. The van der Waals surface area contributed by atoms with Gasteiger partial charge in [-0.15, -0.1) is 0 Å². The number of aryl methyl sites for hydroxylation is 1. The molecule has 0 N–H and O–H groups in total. The zero-order chi connectivity index (χ0) is 21.5. The minimum absolute atomic E-state index is 0.0654. The minimum atomic E-state index is 0.0654. The van der Waals surface area contributed by atoms with Gasteiger partial charge in [0.15, 0.2) is 0 Å². The van der Waals surface area contributed by atoms with Crippen LogP contribution in [0.3, 0.4) is 0 Å². The standard InChI is InChI=1S/C23H21BrClN5O/c1-15-10-20(19-11-16(24)2-4-21(19)26-15)23(31)29-8-6-28(7-9-29)13-18-14-30-12-17(25)3-5-22(30)27-18/h2-5,10-12,14H,6-9,13H2,1H3. The number of amides is 1. The lowest BCUT2D eigenvalue weighted by Crippen LogP contribution is -2.48. The maximum atomic E-state index is 13.3. The third kappa shape index (κ3) is 4.18. The fraction of sp³-hybridized carbons (Fsp3) is 0.261. The van der Waals surface area contributed by atoms with E-state index >= 15 is 0 Å². The number of aromatic nitrogens is 3. The van der Waals surface area contributed by atoms with Crippen LogP contribution in [0.1, 0.15) is 21.7 Å². The first kappa shape index (κ1) is 20.4. The Hall–Kier alpha value is -2.48. The number of benzene rings is 1. The highest BCUT2D eigenvalue weighted by Crippen LogP contribution is 2.24. The fourth-order valence-corrected chi connectivity index (χ4v) is 4.64. The summed E-state index contributed by atoms with van der Waals surface area (Å²) in [6.45, 7) is 5.69. The summed E-state index contributed by atoms with van der Waals surface area (Å²) in [4.78, 5) is 26.8. The quantitative estimate of drug-likeness (QED) is 0.415. The number of carbonyl (C=O) groups is 1. The van der Waals surface area contributed by atoms with Gasteiger partial charge in [-0.1, -0.05) is 27.5 Å². The van der Waals surface area contributed by atoms with Crippen molar-refractivity contribution in [1.29, 1.82) is 0 Å². The van der Waals surface area contributed by atoms with Crippen molar-refractivity contribution in [2.75, 3.05) is 26.2 Å². The van der Waals surface area contributed by atoms with E-state index < -0.39 is 0 Å². The average molecular weight is 499 g/mol. The van der Waals surface area contributed by atoms with E-state index in [0.717, 1.165) is 57.6 Å². The van der Waals surface area contributed by atoms with E-state index in [9.17, 15) is 4.79 Å². The van der Waals surface area contributed by atoms with Gasteiger partial charge in [0.2, 0.25) is 0 Å². The molecule has 3 aromatic heterocycles. The molecule has 1 aromatic carbocycles. The van der Waals surface area contributed by atoms with Crippen LogP contribution in [0.4, 0.5) is 0 Å². The number of nitrogens with zero attached hydrogens (tertiary/aromatic N) is 5. The molecule has 1 aliphatic heterocycles. The van der Waals surface area contributed by atoms with Crippen molar-refractivity contribution < 1.29 is 4.79 Å². The Balaban J connectivity index is 1.29. The van der Waals surface area contributed by atoms with E-state index in [1.54, 1.807) is 0 Å². The molecule has 0 aliphatic carbocycles. The van der Waals surface area contributed by atoms with Gasteiger partial charge in [0.05, 0.1) is 21.8 Å². The Kier molecular flexibility index (Phi) is 5.42. The van der Waals surface area contributed by atoms with Crippen molar-refractivity contribution in [3.8, 4) is 0 Å². The molecule has 1 aliphatic rings. The monoisotopic (exact) mass is 497 g/mol. The molecule has 31 heavy (non-hydrogen) atoms. The summed E-state index contributed by atoms with van der Waals surface area (Å²) in [6.07, 6.45) is 3.88. The summed E-state index contributed by atoms with van der Waals surface area (Å²) < 4.78 is 2.89. The second kappa shape index (κ2) is 8.22. The predicted octanol–water partition coefficient (Wildman–Crippen LogP) is 4.56. The van der Waals surface area contributed by atoms with Gasteiger partial charge in [-0.3, -0.25) is 14.7 Å². The molecular weight excluding hydrogens is 478 g/mol. The van der Waals surface area contributed by atoms with Gasteiger partial charge in [-0.05, 0) is 43.3 Å². The molecule has 0 unspecified atom stereocenters. The zero-order valence-electron chi connectivity index (χ0n) is 17.1. The van der Waals surface area contributed by atoms with Crippen molar-refractivity contribution in [3.05, 3.63) is 75.2 Å². The van der Waals surface area contributed by atoms with Crippen molar-refractivity contribution in [2.24, 2.45) is 0 Å². The van der Waals surface area contributed by atoms with Gasteiger partial charge in [0.25, 0.3) is 5.91 Å². The van der Waals surface area contributed by atoms with Crippen molar-refractivity contribution in [2.45, 2.75) is 13.5 Å². The van der Waals surface area contributed by atoms with Crippen LogP contribution in [0.5, 0.6) is 0 Å². The van der Waals surface area contributed by atoms with Crippen LogP contribution in [0.2, 0.25) is 5.02 Å². The first-order valence-corrected chi connectivity index (χ1v) is 11.3. The van der Waals surface area contributed by atoms with Crippen LogP contribution in [0.25, 0.3) is 16.6 Å². The van der Waals surface area contributed by atoms with Crippen LogP contribution in [-0.4, -0.2) is 56.3 Å². The SMILES string of the molecule is Cc1cc(C(=O)N2CCN(Cc3cn4cc(Cl)ccc4n3)CC2)c2cc(Br)ccc2n1. The first-order valence-electron chi connectivity index (χ1n) is 10.2. The largest absolute Gasteiger partial charge is 0.336 e. The van der Waals surface area contributed by atoms with Crippen molar-refractivity contribution >= 4 is 50.0 Å². The number of halogens is 2. The molecule has 4 aromatic rings. The summed E-state index contributed by atoms with van der Waals surface area (Å²) in [7, 11) is 0. The van der Waals surface area contributed by atoms with E-state index in [4.69, 9.17) is 11.6 Å². The van der Waals surface area contributed by atoms with Gasteiger partial charge in [0, 0.05) is 60.7 Å². The molecule has 1 saturated heterocycles. The molecule has 5 rings (SSSR count). The molecule has 0 atom stereocenters. The topological polar surface area (TPSA) is 53.7 Å². The van der Waals surface area contributed by atoms with Crippen LogP contribution in [-0.2, 0) is 6.54 Å². The number of rotatable bonds is 3. The van der Waals surface area contributed by atoms with E-state index in [1.807, 2.05) is 65.0 Å². The second-order valence-corrected chi connectivity index (χ2v) is 9.24. The molecule has 1 fully saturated rings. The lowest BCUT2D eigenvalue weighted by Gasteiger charge is -2.34. The molecule has 0 radical (unpaired) electrons. The van der Waals surface area contributed by atoms with Crippen molar-refractivity contribution in [1.82, 2.24) is 24.2 Å². The second-order valence-electron chi connectivity index (χ2n) is 7.89. The van der Waals surface area contributed by atoms with Crippen molar-refractivity contribution in [3.63, 3.8) is 0 Å². The van der Waals surface area contributed by atoms with Gasteiger partial charge in [0.1, 0.15) is 5.65 Å². The molecule has 6 nitrogen and oxygen atoms in total. The lowest BCUT2D eigenvalue weighted by atomic mass is 10.1. The average Bonchev–Trinajstić information content (AvgIpc) is 3.15. The maximum Gasteiger partial charge on any atom is 0.254 e. The summed E-state index contributed by atoms with van der Waals surface area (Å²) in [5, 5.41) is 1.57. The normalized spacial score (nSPS) is 15.1. The Morgan fingerprint density at radius 1 is 1.06 bits per heavy atom.